The summed E-state index contributed by atoms with van der Waals surface area (Å²) in [6.07, 6.45) is 0.639. The van der Waals surface area contributed by atoms with E-state index in [2.05, 4.69) is 4.90 Å². The van der Waals surface area contributed by atoms with Crippen molar-refractivity contribution in [3.05, 3.63) is 0 Å². The Morgan fingerprint density at radius 1 is 1.26 bits per heavy atom. The lowest BCUT2D eigenvalue weighted by Crippen LogP contribution is -2.52. The lowest BCUT2D eigenvalue weighted by atomic mass is 10.1. The number of aliphatic hydroxyl groups is 1. The SMILES string of the molecule is CC(C)OCCC(=O)N1CCN(CC(C)(C)O)CC1. The molecule has 1 amide bonds. The third kappa shape index (κ3) is 6.89. The Bertz CT molecular complexity index is 279. The van der Waals surface area contributed by atoms with Crippen molar-refractivity contribution >= 4 is 5.91 Å². The number of hydrogen-bond donors (Lipinski definition) is 1. The van der Waals surface area contributed by atoms with Gasteiger partial charge in [-0.3, -0.25) is 9.69 Å². The molecule has 1 heterocycles. The molecule has 0 aliphatic carbocycles. The molecule has 0 aromatic heterocycles. The molecule has 5 nitrogen and oxygen atoms in total. The average Bonchev–Trinajstić information content (AvgIpc) is 2.27. The molecule has 1 N–H and O–H groups in total. The van der Waals surface area contributed by atoms with Gasteiger partial charge >= 0.3 is 0 Å². The van der Waals surface area contributed by atoms with Gasteiger partial charge in [-0.05, 0) is 27.7 Å². The van der Waals surface area contributed by atoms with E-state index in [1.807, 2.05) is 32.6 Å². The summed E-state index contributed by atoms with van der Waals surface area (Å²) < 4.78 is 5.40. The third-order valence-corrected chi connectivity index (χ3v) is 3.10. The van der Waals surface area contributed by atoms with Crippen LogP contribution >= 0.6 is 0 Å². The number of carbonyl (C=O) groups excluding carboxylic acids is 1. The summed E-state index contributed by atoms with van der Waals surface area (Å²) >= 11 is 0. The number of carbonyl (C=O) groups is 1. The zero-order valence-corrected chi connectivity index (χ0v) is 12.7. The van der Waals surface area contributed by atoms with E-state index in [4.69, 9.17) is 4.74 Å². The summed E-state index contributed by atoms with van der Waals surface area (Å²) in [5.74, 6) is 0.170. The molecule has 0 aromatic carbocycles. The molecular formula is C14H28N2O3. The Hall–Kier alpha value is -0.650. The maximum absolute atomic E-state index is 11.9. The van der Waals surface area contributed by atoms with Crippen LogP contribution in [-0.4, -0.2) is 71.8 Å². The quantitative estimate of drug-likeness (QED) is 0.774. The van der Waals surface area contributed by atoms with Crippen LogP contribution in [0.3, 0.4) is 0 Å². The van der Waals surface area contributed by atoms with E-state index < -0.39 is 5.60 Å². The molecule has 1 aliphatic heterocycles. The molecule has 0 aromatic rings. The zero-order valence-electron chi connectivity index (χ0n) is 12.7. The van der Waals surface area contributed by atoms with Crippen molar-refractivity contribution in [2.45, 2.75) is 45.8 Å². The van der Waals surface area contributed by atoms with Gasteiger partial charge in [-0.25, -0.2) is 0 Å². The monoisotopic (exact) mass is 272 g/mol. The van der Waals surface area contributed by atoms with Crippen LogP contribution in [0, 0.1) is 0 Å². The second-order valence-electron chi connectivity index (χ2n) is 6.14. The number of rotatable bonds is 6. The number of β-amino-alcohol motifs (C(OH)–C–C–N with tert-alkyl or cyclic N) is 1. The maximum Gasteiger partial charge on any atom is 0.224 e. The van der Waals surface area contributed by atoms with E-state index in [1.165, 1.54) is 0 Å². The molecule has 0 saturated carbocycles. The summed E-state index contributed by atoms with van der Waals surface area (Å²) in [6, 6.07) is 0. The Morgan fingerprint density at radius 2 is 1.84 bits per heavy atom. The van der Waals surface area contributed by atoms with Crippen LogP contribution in [0.2, 0.25) is 0 Å². The molecule has 0 atom stereocenters. The predicted molar refractivity (Wildman–Crippen MR) is 75.0 cm³/mol. The summed E-state index contributed by atoms with van der Waals surface area (Å²) in [6.45, 7) is 11.9. The first-order valence-corrected chi connectivity index (χ1v) is 7.12. The van der Waals surface area contributed by atoms with Crippen molar-refractivity contribution in [3.63, 3.8) is 0 Å². The van der Waals surface area contributed by atoms with Gasteiger partial charge in [0.15, 0.2) is 0 Å². The van der Waals surface area contributed by atoms with E-state index in [1.54, 1.807) is 0 Å². The second kappa shape index (κ2) is 7.22. The summed E-state index contributed by atoms with van der Waals surface area (Å²) in [5.41, 5.74) is -0.669. The Morgan fingerprint density at radius 3 is 2.32 bits per heavy atom. The highest BCUT2D eigenvalue weighted by atomic mass is 16.5. The fourth-order valence-electron chi connectivity index (χ4n) is 2.24. The van der Waals surface area contributed by atoms with Crippen molar-refractivity contribution < 1.29 is 14.6 Å². The van der Waals surface area contributed by atoms with Crippen LogP contribution in [0.25, 0.3) is 0 Å². The maximum atomic E-state index is 11.9. The Balaban J connectivity index is 2.23. The van der Waals surface area contributed by atoms with E-state index in [0.29, 0.717) is 19.6 Å². The van der Waals surface area contributed by atoms with Gasteiger partial charge in [-0.2, -0.15) is 0 Å². The number of nitrogens with zero attached hydrogens (tertiary/aromatic N) is 2. The van der Waals surface area contributed by atoms with Crippen molar-refractivity contribution in [1.29, 1.82) is 0 Å². The number of hydrogen-bond acceptors (Lipinski definition) is 4. The molecule has 0 bridgehead atoms. The van der Waals surface area contributed by atoms with Gasteiger partial charge < -0.3 is 14.7 Å². The van der Waals surface area contributed by atoms with Gasteiger partial charge in [0.25, 0.3) is 0 Å². The fraction of sp³-hybridized carbons (Fsp3) is 0.929. The first-order valence-electron chi connectivity index (χ1n) is 7.12. The summed E-state index contributed by atoms with van der Waals surface area (Å²) in [5, 5.41) is 9.77. The van der Waals surface area contributed by atoms with Crippen LogP contribution in [0.4, 0.5) is 0 Å². The molecular weight excluding hydrogens is 244 g/mol. The standard InChI is InChI=1S/C14H28N2O3/c1-12(2)19-10-5-13(17)16-8-6-15(7-9-16)11-14(3,4)18/h12,18H,5-11H2,1-4H3. The number of ether oxygens (including phenoxy) is 1. The van der Waals surface area contributed by atoms with Crippen molar-refractivity contribution in [1.82, 2.24) is 9.80 Å². The van der Waals surface area contributed by atoms with Crippen LogP contribution in [0.15, 0.2) is 0 Å². The molecule has 0 spiro atoms. The van der Waals surface area contributed by atoms with Crippen LogP contribution in [0.5, 0.6) is 0 Å². The highest BCUT2D eigenvalue weighted by molar-refractivity contribution is 5.76. The topological polar surface area (TPSA) is 53.0 Å². The zero-order chi connectivity index (χ0) is 14.5. The summed E-state index contributed by atoms with van der Waals surface area (Å²) in [4.78, 5) is 16.0. The highest BCUT2D eigenvalue weighted by Crippen LogP contribution is 2.09. The van der Waals surface area contributed by atoms with Gasteiger partial charge in [-0.15, -0.1) is 0 Å². The third-order valence-electron chi connectivity index (χ3n) is 3.10. The van der Waals surface area contributed by atoms with Gasteiger partial charge in [0, 0.05) is 32.7 Å². The molecule has 0 unspecified atom stereocenters. The van der Waals surface area contributed by atoms with Crippen LogP contribution in [-0.2, 0) is 9.53 Å². The Labute approximate surface area is 116 Å². The second-order valence-corrected chi connectivity index (χ2v) is 6.14. The van der Waals surface area contributed by atoms with E-state index >= 15 is 0 Å². The smallest absolute Gasteiger partial charge is 0.224 e. The highest BCUT2D eigenvalue weighted by Gasteiger charge is 2.24. The van der Waals surface area contributed by atoms with Crippen LogP contribution < -0.4 is 0 Å². The van der Waals surface area contributed by atoms with Crippen molar-refractivity contribution in [3.8, 4) is 0 Å². The van der Waals surface area contributed by atoms with Crippen molar-refractivity contribution in [2.24, 2.45) is 0 Å². The first kappa shape index (κ1) is 16.4. The van der Waals surface area contributed by atoms with Gasteiger partial charge in [0.2, 0.25) is 5.91 Å². The molecule has 1 fully saturated rings. The predicted octanol–water partition coefficient (Wildman–Crippen LogP) is 0.717. The van der Waals surface area contributed by atoms with E-state index in [-0.39, 0.29) is 12.0 Å². The molecule has 0 radical (unpaired) electrons. The number of piperazine rings is 1. The minimum atomic E-state index is -0.669. The largest absolute Gasteiger partial charge is 0.389 e. The number of amides is 1. The minimum absolute atomic E-state index is 0.170. The Kier molecular flexibility index (Phi) is 6.23. The molecule has 19 heavy (non-hydrogen) atoms. The van der Waals surface area contributed by atoms with E-state index in [9.17, 15) is 9.90 Å². The fourth-order valence-corrected chi connectivity index (χ4v) is 2.24. The molecule has 1 aliphatic rings. The van der Waals surface area contributed by atoms with Crippen LogP contribution in [0.1, 0.15) is 34.1 Å². The minimum Gasteiger partial charge on any atom is -0.389 e. The van der Waals surface area contributed by atoms with E-state index in [0.717, 1.165) is 26.2 Å². The molecule has 112 valence electrons. The van der Waals surface area contributed by atoms with Gasteiger partial charge in [0.1, 0.15) is 0 Å². The molecule has 1 rings (SSSR count). The molecule has 1 saturated heterocycles. The average molecular weight is 272 g/mol. The lowest BCUT2D eigenvalue weighted by Gasteiger charge is -2.37. The van der Waals surface area contributed by atoms with Gasteiger partial charge in [-0.1, -0.05) is 0 Å². The normalized spacial score (nSPS) is 18.1. The van der Waals surface area contributed by atoms with Crippen molar-refractivity contribution in [2.75, 3.05) is 39.3 Å². The van der Waals surface area contributed by atoms with Gasteiger partial charge in [0.05, 0.1) is 24.7 Å². The first-order chi connectivity index (χ1) is 8.78. The molecule has 5 heteroatoms. The summed E-state index contributed by atoms with van der Waals surface area (Å²) in [7, 11) is 0. The lowest BCUT2D eigenvalue weighted by molar-refractivity contribution is -0.134.